The Morgan fingerprint density at radius 2 is 2.57 bits per heavy atom. The van der Waals surface area contributed by atoms with E-state index < -0.39 is 10.7 Å². The fourth-order valence-electron chi connectivity index (χ4n) is 1.69. The van der Waals surface area contributed by atoms with Gasteiger partial charge in [0.2, 0.25) is 0 Å². The fourth-order valence-corrected chi connectivity index (χ4v) is 3.84. The highest BCUT2D eigenvalue weighted by Gasteiger charge is 2.42. The van der Waals surface area contributed by atoms with Gasteiger partial charge in [0.05, 0.1) is 5.51 Å². The minimum absolute atomic E-state index is 0.577. The van der Waals surface area contributed by atoms with Crippen molar-refractivity contribution < 1.29 is 9.90 Å². The van der Waals surface area contributed by atoms with Crippen molar-refractivity contribution in [2.45, 2.75) is 24.0 Å². The van der Waals surface area contributed by atoms with Gasteiger partial charge in [-0.3, -0.25) is 9.78 Å². The Balaban J connectivity index is 2.16. The summed E-state index contributed by atoms with van der Waals surface area (Å²) >= 11 is 3.11. The number of carboxylic acid groups (broad SMARTS) is 1. The number of nitrogens with zero attached hydrogens (tertiary/aromatic N) is 1. The Labute approximate surface area is 90.6 Å². The number of aliphatic carboxylic acids is 1. The summed E-state index contributed by atoms with van der Waals surface area (Å²) in [6.45, 7) is 0. The van der Waals surface area contributed by atoms with Crippen LogP contribution in [0.3, 0.4) is 0 Å². The van der Waals surface area contributed by atoms with E-state index in [9.17, 15) is 9.90 Å². The van der Waals surface area contributed by atoms with Gasteiger partial charge in [-0.2, -0.15) is 0 Å². The summed E-state index contributed by atoms with van der Waals surface area (Å²) in [4.78, 5) is 16.3. The summed E-state index contributed by atoms with van der Waals surface area (Å²) in [5.41, 5.74) is 1.75. The molecule has 0 saturated carbocycles. The third-order valence-corrected chi connectivity index (χ3v) is 4.78. The van der Waals surface area contributed by atoms with Gasteiger partial charge in [0.15, 0.2) is 0 Å². The Morgan fingerprint density at radius 1 is 1.71 bits per heavy atom. The number of carboxylic acids is 1. The second kappa shape index (κ2) is 3.90. The van der Waals surface area contributed by atoms with Crippen molar-refractivity contribution in [2.75, 3.05) is 5.75 Å². The van der Waals surface area contributed by atoms with E-state index in [4.69, 9.17) is 0 Å². The molecule has 0 radical (unpaired) electrons. The van der Waals surface area contributed by atoms with Crippen LogP contribution in [0.15, 0.2) is 11.7 Å². The van der Waals surface area contributed by atoms with Crippen LogP contribution in [0.4, 0.5) is 0 Å². The van der Waals surface area contributed by atoms with Gasteiger partial charge in [-0.25, -0.2) is 0 Å². The number of hydrogen-bond acceptors (Lipinski definition) is 4. The fraction of sp³-hybridized carbons (Fsp3) is 0.556. The van der Waals surface area contributed by atoms with Gasteiger partial charge in [0.1, 0.15) is 4.75 Å². The number of thioether (sulfide) groups is 1. The molecule has 0 spiro atoms. The van der Waals surface area contributed by atoms with E-state index in [-0.39, 0.29) is 0 Å². The van der Waals surface area contributed by atoms with Crippen LogP contribution >= 0.6 is 23.1 Å². The van der Waals surface area contributed by atoms with Gasteiger partial charge >= 0.3 is 5.97 Å². The molecule has 1 atom stereocenters. The molecule has 5 heteroatoms. The van der Waals surface area contributed by atoms with Gasteiger partial charge in [-0.05, 0) is 18.6 Å². The zero-order chi connectivity index (χ0) is 10.0. The highest BCUT2D eigenvalue weighted by atomic mass is 32.2. The third-order valence-electron chi connectivity index (χ3n) is 2.44. The standard InChI is InChI=1S/C9H11NO2S2/c11-8(12)9(2-1-3-14-9)4-7-5-10-6-13-7/h5-6H,1-4H2,(H,11,12). The largest absolute Gasteiger partial charge is 0.480 e. The van der Waals surface area contributed by atoms with Crippen LogP contribution in [0.5, 0.6) is 0 Å². The van der Waals surface area contributed by atoms with E-state index in [0.29, 0.717) is 6.42 Å². The molecule has 1 aromatic heterocycles. The van der Waals surface area contributed by atoms with Crippen LogP contribution in [-0.4, -0.2) is 26.6 Å². The first kappa shape index (κ1) is 9.98. The van der Waals surface area contributed by atoms with Crippen LogP contribution in [0.2, 0.25) is 0 Å². The third kappa shape index (κ3) is 1.79. The molecule has 14 heavy (non-hydrogen) atoms. The van der Waals surface area contributed by atoms with Gasteiger partial charge in [-0.15, -0.1) is 23.1 Å². The average Bonchev–Trinajstić information content (AvgIpc) is 2.76. The number of aromatic nitrogens is 1. The first-order valence-electron chi connectivity index (χ1n) is 4.48. The van der Waals surface area contributed by atoms with Gasteiger partial charge in [-0.1, -0.05) is 0 Å². The maximum Gasteiger partial charge on any atom is 0.320 e. The predicted molar refractivity (Wildman–Crippen MR) is 57.9 cm³/mol. The second-order valence-corrected chi connectivity index (χ2v) is 5.85. The lowest BCUT2D eigenvalue weighted by atomic mass is 9.99. The highest BCUT2D eigenvalue weighted by molar-refractivity contribution is 8.01. The van der Waals surface area contributed by atoms with Crippen LogP contribution < -0.4 is 0 Å². The molecule has 2 rings (SSSR count). The zero-order valence-electron chi connectivity index (χ0n) is 7.60. The molecule has 2 heterocycles. The van der Waals surface area contributed by atoms with Crippen molar-refractivity contribution in [1.82, 2.24) is 4.98 Å². The summed E-state index contributed by atoms with van der Waals surface area (Å²) in [5.74, 6) is 0.291. The molecule has 1 fully saturated rings. The van der Waals surface area contributed by atoms with E-state index in [1.165, 1.54) is 11.3 Å². The molecule has 1 N–H and O–H groups in total. The van der Waals surface area contributed by atoms with Crippen LogP contribution in [0, 0.1) is 0 Å². The van der Waals surface area contributed by atoms with Crippen molar-refractivity contribution in [3.63, 3.8) is 0 Å². The SMILES string of the molecule is O=C(O)C1(Cc2cncs2)CCCS1. The average molecular weight is 229 g/mol. The smallest absolute Gasteiger partial charge is 0.320 e. The summed E-state index contributed by atoms with van der Waals surface area (Å²) in [5, 5.41) is 9.23. The molecule has 1 saturated heterocycles. The lowest BCUT2D eigenvalue weighted by molar-refractivity contribution is -0.139. The maximum atomic E-state index is 11.2. The molecule has 1 aliphatic heterocycles. The lowest BCUT2D eigenvalue weighted by Gasteiger charge is -2.21. The highest BCUT2D eigenvalue weighted by Crippen LogP contribution is 2.41. The monoisotopic (exact) mass is 229 g/mol. The van der Waals surface area contributed by atoms with Crippen molar-refractivity contribution in [3.05, 3.63) is 16.6 Å². The van der Waals surface area contributed by atoms with E-state index >= 15 is 0 Å². The number of carbonyl (C=O) groups is 1. The van der Waals surface area contributed by atoms with E-state index in [0.717, 1.165) is 23.5 Å². The zero-order valence-corrected chi connectivity index (χ0v) is 9.24. The quantitative estimate of drug-likeness (QED) is 0.861. The molecule has 0 aliphatic carbocycles. The molecule has 1 aliphatic rings. The molecule has 1 aromatic rings. The van der Waals surface area contributed by atoms with Crippen LogP contribution in [0.25, 0.3) is 0 Å². The molecular formula is C9H11NO2S2. The molecule has 0 aromatic carbocycles. The lowest BCUT2D eigenvalue weighted by Crippen LogP contribution is -2.34. The molecule has 1 unspecified atom stereocenters. The summed E-state index contributed by atoms with van der Waals surface area (Å²) < 4.78 is -0.577. The minimum atomic E-state index is -0.673. The topological polar surface area (TPSA) is 50.2 Å². The van der Waals surface area contributed by atoms with Crippen molar-refractivity contribution >= 4 is 29.1 Å². The predicted octanol–water partition coefficient (Wildman–Crippen LogP) is 2.04. The number of hydrogen-bond donors (Lipinski definition) is 1. The van der Waals surface area contributed by atoms with Crippen LogP contribution in [-0.2, 0) is 11.2 Å². The second-order valence-electron chi connectivity index (χ2n) is 3.40. The minimum Gasteiger partial charge on any atom is -0.480 e. The van der Waals surface area contributed by atoms with Crippen molar-refractivity contribution in [1.29, 1.82) is 0 Å². The summed E-state index contributed by atoms with van der Waals surface area (Å²) in [6.07, 6.45) is 4.19. The Morgan fingerprint density at radius 3 is 3.07 bits per heavy atom. The molecular weight excluding hydrogens is 218 g/mol. The van der Waals surface area contributed by atoms with Gasteiger partial charge in [0.25, 0.3) is 0 Å². The van der Waals surface area contributed by atoms with E-state index in [1.807, 2.05) is 0 Å². The van der Waals surface area contributed by atoms with Gasteiger partial charge < -0.3 is 5.11 Å². The Hall–Kier alpha value is -0.550. The summed E-state index contributed by atoms with van der Waals surface area (Å²) in [7, 11) is 0. The first-order valence-corrected chi connectivity index (χ1v) is 6.34. The van der Waals surface area contributed by atoms with Crippen LogP contribution in [0.1, 0.15) is 17.7 Å². The number of thiazole rings is 1. The van der Waals surface area contributed by atoms with Crippen molar-refractivity contribution in [3.8, 4) is 0 Å². The number of rotatable bonds is 3. The van der Waals surface area contributed by atoms with E-state index in [1.54, 1.807) is 23.5 Å². The van der Waals surface area contributed by atoms with Gasteiger partial charge in [0, 0.05) is 17.5 Å². The maximum absolute atomic E-state index is 11.2. The molecule has 0 bridgehead atoms. The summed E-state index contributed by atoms with van der Waals surface area (Å²) in [6, 6.07) is 0. The Bertz CT molecular complexity index is 318. The Kier molecular flexibility index (Phi) is 2.78. The normalized spacial score (nSPS) is 26.6. The first-order chi connectivity index (χ1) is 6.73. The van der Waals surface area contributed by atoms with E-state index in [2.05, 4.69) is 4.98 Å². The molecule has 76 valence electrons. The van der Waals surface area contributed by atoms with Crippen molar-refractivity contribution in [2.24, 2.45) is 0 Å². The molecule has 3 nitrogen and oxygen atoms in total. The molecule has 0 amide bonds.